The van der Waals surface area contributed by atoms with Crippen LogP contribution >= 0.6 is 0 Å². The Balaban J connectivity index is 2.32. The average Bonchev–Trinajstić information content (AvgIpc) is 2.51. The maximum atomic E-state index is 11.4. The molecular formula is C15H12O2. The molecule has 0 unspecified atom stereocenters. The van der Waals surface area contributed by atoms with Gasteiger partial charge in [0, 0.05) is 0 Å². The zero-order chi connectivity index (χ0) is 12.1. The fourth-order valence-corrected chi connectivity index (χ4v) is 1.47. The van der Waals surface area contributed by atoms with Gasteiger partial charge in [0.1, 0.15) is 0 Å². The van der Waals surface area contributed by atoms with Gasteiger partial charge in [-0.2, -0.15) is 0 Å². The topological polar surface area (TPSA) is 37.3 Å². The molecule has 0 spiro atoms. The van der Waals surface area contributed by atoms with Gasteiger partial charge in [-0.05, 0) is 23.3 Å². The molecule has 0 aromatic heterocycles. The van der Waals surface area contributed by atoms with Crippen LogP contribution in [0.2, 0.25) is 0 Å². The van der Waals surface area contributed by atoms with E-state index in [1.807, 2.05) is 42.5 Å². The summed E-state index contributed by atoms with van der Waals surface area (Å²) in [5, 5.41) is 9.25. The molecule has 2 heteroatoms. The third-order valence-corrected chi connectivity index (χ3v) is 2.36. The van der Waals surface area contributed by atoms with Crippen molar-refractivity contribution >= 4 is 12.2 Å². The Kier molecular flexibility index (Phi) is 3.36. The largest absolute Gasteiger partial charge is 0.504 e. The van der Waals surface area contributed by atoms with Crippen LogP contribution in [0.5, 0.6) is 5.75 Å². The second kappa shape index (κ2) is 5.12. The molecule has 2 nitrogen and oxygen atoms in total. The van der Waals surface area contributed by atoms with Crippen molar-refractivity contribution in [2.75, 3.05) is 0 Å². The molecule has 0 saturated heterocycles. The molecule has 2 rings (SSSR count). The summed E-state index contributed by atoms with van der Waals surface area (Å²) in [6.45, 7) is 0. The highest BCUT2D eigenvalue weighted by molar-refractivity contribution is 5.69. The average molecular weight is 224 g/mol. The SMILES string of the molecule is O=c1cc(/C=C/c2ccccc2)cccc1O. The molecule has 0 atom stereocenters. The van der Waals surface area contributed by atoms with E-state index in [1.54, 1.807) is 12.1 Å². The molecule has 17 heavy (non-hydrogen) atoms. The van der Waals surface area contributed by atoms with Crippen molar-refractivity contribution in [1.82, 2.24) is 0 Å². The molecule has 0 amide bonds. The van der Waals surface area contributed by atoms with Crippen LogP contribution < -0.4 is 5.43 Å². The third-order valence-electron chi connectivity index (χ3n) is 2.36. The van der Waals surface area contributed by atoms with Crippen LogP contribution in [0.15, 0.2) is 59.4 Å². The highest BCUT2D eigenvalue weighted by Gasteiger charge is 1.93. The molecule has 0 aliphatic carbocycles. The summed E-state index contributed by atoms with van der Waals surface area (Å²) in [6.07, 6.45) is 3.77. The summed E-state index contributed by atoms with van der Waals surface area (Å²) in [4.78, 5) is 11.4. The quantitative estimate of drug-likeness (QED) is 0.851. The van der Waals surface area contributed by atoms with Crippen LogP contribution in [-0.4, -0.2) is 5.11 Å². The van der Waals surface area contributed by atoms with Gasteiger partial charge >= 0.3 is 0 Å². The molecular weight excluding hydrogens is 212 g/mol. The van der Waals surface area contributed by atoms with E-state index in [4.69, 9.17) is 0 Å². The third kappa shape index (κ3) is 3.05. The molecule has 0 aliphatic heterocycles. The van der Waals surface area contributed by atoms with E-state index in [9.17, 15) is 9.90 Å². The van der Waals surface area contributed by atoms with E-state index in [1.165, 1.54) is 12.1 Å². The Morgan fingerprint density at radius 1 is 0.824 bits per heavy atom. The highest BCUT2D eigenvalue weighted by atomic mass is 16.3. The van der Waals surface area contributed by atoms with E-state index in [0.29, 0.717) is 0 Å². The van der Waals surface area contributed by atoms with E-state index in [2.05, 4.69) is 0 Å². The minimum atomic E-state index is -0.372. The summed E-state index contributed by atoms with van der Waals surface area (Å²) in [7, 11) is 0. The Morgan fingerprint density at radius 2 is 1.47 bits per heavy atom. The van der Waals surface area contributed by atoms with Crippen molar-refractivity contribution in [2.45, 2.75) is 0 Å². The number of hydrogen-bond donors (Lipinski definition) is 1. The molecule has 1 N–H and O–H groups in total. The lowest BCUT2D eigenvalue weighted by Gasteiger charge is -1.90. The predicted octanol–water partition coefficient (Wildman–Crippen LogP) is 2.92. The molecule has 0 saturated carbocycles. The number of aromatic hydroxyl groups is 1. The van der Waals surface area contributed by atoms with Gasteiger partial charge in [-0.25, -0.2) is 0 Å². The first-order valence-corrected chi connectivity index (χ1v) is 5.32. The summed E-state index contributed by atoms with van der Waals surface area (Å²) in [5.41, 5.74) is 1.46. The molecule has 2 aromatic carbocycles. The highest BCUT2D eigenvalue weighted by Crippen LogP contribution is 2.07. The smallest absolute Gasteiger partial charge is 0.220 e. The minimum Gasteiger partial charge on any atom is -0.504 e. The first kappa shape index (κ1) is 11.1. The Hall–Kier alpha value is -2.35. The monoisotopic (exact) mass is 224 g/mol. The Morgan fingerprint density at radius 3 is 2.24 bits per heavy atom. The summed E-state index contributed by atoms with van der Waals surface area (Å²) in [6, 6.07) is 16.1. The molecule has 0 fully saturated rings. The lowest BCUT2D eigenvalue weighted by molar-refractivity contribution is 0.471. The first-order chi connectivity index (χ1) is 8.25. The van der Waals surface area contributed by atoms with Crippen molar-refractivity contribution < 1.29 is 5.11 Å². The number of benzene rings is 1. The van der Waals surface area contributed by atoms with Gasteiger partial charge in [-0.1, -0.05) is 54.6 Å². The van der Waals surface area contributed by atoms with Crippen molar-refractivity contribution in [1.29, 1.82) is 0 Å². The van der Waals surface area contributed by atoms with Crippen LogP contribution in [0, 0.1) is 0 Å². The Labute approximate surface area is 99.5 Å². The summed E-state index contributed by atoms with van der Waals surface area (Å²) < 4.78 is 0. The number of rotatable bonds is 2. The standard InChI is InChI=1S/C15H12O2/c16-14-8-4-7-13(11-15(14)17)10-9-12-5-2-1-3-6-12/h1-11H,(H,16,17)/b10-9+. The van der Waals surface area contributed by atoms with E-state index in [0.717, 1.165) is 11.1 Å². The van der Waals surface area contributed by atoms with Gasteiger partial charge < -0.3 is 5.11 Å². The summed E-state index contributed by atoms with van der Waals surface area (Å²) >= 11 is 0. The van der Waals surface area contributed by atoms with Crippen molar-refractivity contribution in [3.8, 4) is 5.75 Å². The van der Waals surface area contributed by atoms with Gasteiger partial charge in [0.25, 0.3) is 0 Å². The maximum Gasteiger partial charge on any atom is 0.220 e. The fraction of sp³-hybridized carbons (Fsp3) is 0. The lowest BCUT2D eigenvalue weighted by atomic mass is 10.2. The first-order valence-electron chi connectivity index (χ1n) is 5.32. The van der Waals surface area contributed by atoms with Crippen LogP contribution in [0.1, 0.15) is 11.1 Å². The van der Waals surface area contributed by atoms with Crippen molar-refractivity contribution in [3.63, 3.8) is 0 Å². The van der Waals surface area contributed by atoms with Crippen LogP contribution in [0.4, 0.5) is 0 Å². The van der Waals surface area contributed by atoms with Gasteiger partial charge in [-0.15, -0.1) is 0 Å². The molecule has 0 aliphatic rings. The van der Waals surface area contributed by atoms with Gasteiger partial charge in [0.05, 0.1) is 0 Å². The van der Waals surface area contributed by atoms with Crippen LogP contribution in [0.25, 0.3) is 12.2 Å². The predicted molar refractivity (Wildman–Crippen MR) is 69.7 cm³/mol. The van der Waals surface area contributed by atoms with Gasteiger partial charge in [0.15, 0.2) is 5.75 Å². The fourth-order valence-electron chi connectivity index (χ4n) is 1.47. The molecule has 2 aromatic rings. The molecule has 84 valence electrons. The summed E-state index contributed by atoms with van der Waals surface area (Å²) in [5.74, 6) is -0.232. The van der Waals surface area contributed by atoms with E-state index < -0.39 is 0 Å². The molecule has 0 heterocycles. The van der Waals surface area contributed by atoms with Gasteiger partial charge in [0.2, 0.25) is 5.43 Å². The lowest BCUT2D eigenvalue weighted by Crippen LogP contribution is -1.93. The van der Waals surface area contributed by atoms with E-state index in [-0.39, 0.29) is 11.2 Å². The van der Waals surface area contributed by atoms with Crippen LogP contribution in [-0.2, 0) is 0 Å². The maximum absolute atomic E-state index is 11.4. The van der Waals surface area contributed by atoms with Crippen molar-refractivity contribution in [3.05, 3.63) is 75.9 Å². The normalized spacial score (nSPS) is 10.6. The van der Waals surface area contributed by atoms with Crippen LogP contribution in [0.3, 0.4) is 0 Å². The molecule has 0 radical (unpaired) electrons. The zero-order valence-corrected chi connectivity index (χ0v) is 9.21. The minimum absolute atomic E-state index is 0.232. The number of hydrogen-bond acceptors (Lipinski definition) is 2. The van der Waals surface area contributed by atoms with Gasteiger partial charge in [-0.3, -0.25) is 4.79 Å². The second-order valence-electron chi connectivity index (χ2n) is 3.66. The van der Waals surface area contributed by atoms with Crippen molar-refractivity contribution in [2.24, 2.45) is 0 Å². The Bertz CT molecular complexity index is 586. The molecule has 0 bridgehead atoms. The zero-order valence-electron chi connectivity index (χ0n) is 9.21. The van der Waals surface area contributed by atoms with E-state index >= 15 is 0 Å². The second-order valence-corrected chi connectivity index (χ2v) is 3.66.